The van der Waals surface area contributed by atoms with Gasteiger partial charge in [-0.2, -0.15) is 0 Å². The van der Waals surface area contributed by atoms with Crippen molar-refractivity contribution in [3.8, 4) is 0 Å². The zero-order chi connectivity index (χ0) is 13.9. The molecule has 0 saturated heterocycles. The third-order valence-electron chi connectivity index (χ3n) is 2.33. The summed E-state index contributed by atoms with van der Waals surface area (Å²) >= 11 is 0. The molecule has 0 aliphatic carbocycles. The highest BCUT2D eigenvalue weighted by Crippen LogP contribution is 1.95. The SMILES string of the molecule is CCOCCCNC(=NCc1cnc(C)cn1)NN. The van der Waals surface area contributed by atoms with Crippen molar-refractivity contribution in [2.24, 2.45) is 10.8 Å². The summed E-state index contributed by atoms with van der Waals surface area (Å²) in [4.78, 5) is 12.7. The smallest absolute Gasteiger partial charge is 0.206 e. The van der Waals surface area contributed by atoms with Crippen molar-refractivity contribution >= 4 is 5.96 Å². The Hall–Kier alpha value is -1.73. The van der Waals surface area contributed by atoms with Gasteiger partial charge in [0.2, 0.25) is 5.96 Å². The van der Waals surface area contributed by atoms with E-state index < -0.39 is 0 Å². The number of guanidine groups is 1. The van der Waals surface area contributed by atoms with E-state index in [1.807, 2.05) is 13.8 Å². The van der Waals surface area contributed by atoms with Gasteiger partial charge in [0.05, 0.1) is 24.1 Å². The zero-order valence-electron chi connectivity index (χ0n) is 11.5. The minimum Gasteiger partial charge on any atom is -0.382 e. The number of aromatic nitrogens is 2. The molecule has 0 aliphatic heterocycles. The number of hydrazine groups is 1. The van der Waals surface area contributed by atoms with Crippen LogP contribution in [-0.2, 0) is 11.3 Å². The molecule has 0 atom stereocenters. The third kappa shape index (κ3) is 6.68. The van der Waals surface area contributed by atoms with E-state index in [9.17, 15) is 0 Å². The predicted octanol–water partition coefficient (Wildman–Crippen LogP) is 0.121. The predicted molar refractivity (Wildman–Crippen MR) is 74.3 cm³/mol. The van der Waals surface area contributed by atoms with E-state index in [4.69, 9.17) is 10.6 Å². The van der Waals surface area contributed by atoms with Gasteiger partial charge in [-0.3, -0.25) is 15.4 Å². The van der Waals surface area contributed by atoms with E-state index in [0.29, 0.717) is 12.5 Å². The molecule has 106 valence electrons. The summed E-state index contributed by atoms with van der Waals surface area (Å²) < 4.78 is 5.24. The fourth-order valence-electron chi connectivity index (χ4n) is 1.34. The van der Waals surface area contributed by atoms with Crippen molar-refractivity contribution in [2.75, 3.05) is 19.8 Å². The molecule has 4 N–H and O–H groups in total. The fraction of sp³-hybridized carbons (Fsp3) is 0.583. The van der Waals surface area contributed by atoms with Crippen LogP contribution in [-0.4, -0.2) is 35.7 Å². The summed E-state index contributed by atoms with van der Waals surface area (Å²) in [7, 11) is 0. The lowest BCUT2D eigenvalue weighted by molar-refractivity contribution is 0.145. The summed E-state index contributed by atoms with van der Waals surface area (Å²) in [5, 5.41) is 3.10. The molecule has 0 unspecified atom stereocenters. The van der Waals surface area contributed by atoms with E-state index in [1.54, 1.807) is 12.4 Å². The van der Waals surface area contributed by atoms with Crippen molar-refractivity contribution in [1.29, 1.82) is 0 Å². The lowest BCUT2D eigenvalue weighted by atomic mass is 10.4. The van der Waals surface area contributed by atoms with Crippen LogP contribution in [0.1, 0.15) is 24.7 Å². The molecule has 1 heterocycles. The molecule has 0 aliphatic rings. The Morgan fingerprint density at radius 1 is 1.42 bits per heavy atom. The molecule has 0 radical (unpaired) electrons. The number of hydrogen-bond acceptors (Lipinski definition) is 5. The number of aryl methyl sites for hydroxylation is 1. The highest BCUT2D eigenvalue weighted by Gasteiger charge is 1.97. The number of nitrogens with two attached hydrogens (primary N) is 1. The first-order valence-electron chi connectivity index (χ1n) is 6.36. The minimum absolute atomic E-state index is 0.436. The van der Waals surface area contributed by atoms with Gasteiger partial charge in [0.1, 0.15) is 0 Å². The largest absolute Gasteiger partial charge is 0.382 e. The lowest BCUT2D eigenvalue weighted by Gasteiger charge is -2.08. The zero-order valence-corrected chi connectivity index (χ0v) is 11.5. The average Bonchev–Trinajstić information content (AvgIpc) is 2.44. The molecule has 19 heavy (non-hydrogen) atoms. The third-order valence-corrected chi connectivity index (χ3v) is 2.33. The van der Waals surface area contributed by atoms with Gasteiger partial charge in [-0.05, 0) is 20.3 Å². The van der Waals surface area contributed by atoms with Crippen molar-refractivity contribution in [2.45, 2.75) is 26.8 Å². The van der Waals surface area contributed by atoms with Crippen LogP contribution in [0.4, 0.5) is 0 Å². The molecule has 1 aromatic heterocycles. The average molecular weight is 266 g/mol. The highest BCUT2D eigenvalue weighted by atomic mass is 16.5. The first-order valence-corrected chi connectivity index (χ1v) is 6.36. The molecular formula is C12H22N6O. The van der Waals surface area contributed by atoms with Gasteiger partial charge >= 0.3 is 0 Å². The number of nitrogens with zero attached hydrogens (tertiary/aromatic N) is 3. The van der Waals surface area contributed by atoms with Crippen LogP contribution in [0.2, 0.25) is 0 Å². The van der Waals surface area contributed by atoms with E-state index in [-0.39, 0.29) is 0 Å². The van der Waals surface area contributed by atoms with Crippen LogP contribution in [0.25, 0.3) is 0 Å². The normalized spacial score (nSPS) is 11.4. The van der Waals surface area contributed by atoms with E-state index in [1.165, 1.54) is 0 Å². The van der Waals surface area contributed by atoms with Gasteiger partial charge in [-0.15, -0.1) is 0 Å². The first kappa shape index (κ1) is 15.3. The molecule has 7 heteroatoms. The van der Waals surface area contributed by atoms with Crippen molar-refractivity contribution in [3.05, 3.63) is 23.8 Å². The van der Waals surface area contributed by atoms with Gasteiger partial charge in [-0.25, -0.2) is 10.8 Å². The molecule has 7 nitrogen and oxygen atoms in total. The second-order valence-electron chi connectivity index (χ2n) is 3.94. The Balaban J connectivity index is 2.33. The molecule has 0 amide bonds. The summed E-state index contributed by atoms with van der Waals surface area (Å²) in [6, 6.07) is 0. The minimum atomic E-state index is 0.436. The number of nitrogens with one attached hydrogen (secondary N) is 2. The number of hydrogen-bond donors (Lipinski definition) is 3. The number of ether oxygens (including phenoxy) is 1. The highest BCUT2D eigenvalue weighted by molar-refractivity contribution is 5.79. The van der Waals surface area contributed by atoms with Gasteiger partial charge in [0.25, 0.3) is 0 Å². The van der Waals surface area contributed by atoms with Gasteiger partial charge in [0, 0.05) is 26.0 Å². The topological polar surface area (TPSA) is 97.4 Å². The maximum absolute atomic E-state index is 5.39. The summed E-state index contributed by atoms with van der Waals surface area (Å²) in [6.45, 7) is 6.53. The maximum atomic E-state index is 5.39. The Labute approximate surface area is 113 Å². The molecule has 0 fully saturated rings. The fourth-order valence-corrected chi connectivity index (χ4v) is 1.34. The first-order chi connectivity index (χ1) is 9.26. The van der Waals surface area contributed by atoms with Gasteiger partial charge < -0.3 is 10.1 Å². The number of rotatable bonds is 7. The maximum Gasteiger partial charge on any atom is 0.206 e. The summed E-state index contributed by atoms with van der Waals surface area (Å²) in [5.41, 5.74) is 4.21. The molecule has 0 bridgehead atoms. The van der Waals surface area contributed by atoms with Crippen molar-refractivity contribution < 1.29 is 4.74 Å². The van der Waals surface area contributed by atoms with Crippen LogP contribution < -0.4 is 16.6 Å². The van der Waals surface area contributed by atoms with Crippen LogP contribution in [0.15, 0.2) is 17.4 Å². The number of aliphatic imine (C=N–C) groups is 1. The van der Waals surface area contributed by atoms with E-state index in [2.05, 4.69) is 25.7 Å². The van der Waals surface area contributed by atoms with Crippen molar-refractivity contribution in [1.82, 2.24) is 20.7 Å². The van der Waals surface area contributed by atoms with Crippen LogP contribution in [0.3, 0.4) is 0 Å². The van der Waals surface area contributed by atoms with Crippen LogP contribution in [0, 0.1) is 6.92 Å². The van der Waals surface area contributed by atoms with E-state index >= 15 is 0 Å². The standard InChI is InChI=1S/C12H22N6O/c1-3-19-6-4-5-14-12(18-13)17-9-11-8-15-10(2)7-16-11/h7-8H,3-6,9,13H2,1-2H3,(H2,14,17,18). The second-order valence-corrected chi connectivity index (χ2v) is 3.94. The molecule has 0 saturated carbocycles. The Kier molecular flexibility index (Phi) is 7.45. The molecule has 1 aromatic rings. The van der Waals surface area contributed by atoms with Crippen LogP contribution in [0.5, 0.6) is 0 Å². The summed E-state index contributed by atoms with van der Waals surface area (Å²) in [5.74, 6) is 5.93. The summed E-state index contributed by atoms with van der Waals surface area (Å²) in [6.07, 6.45) is 4.33. The molecular weight excluding hydrogens is 244 g/mol. The molecule has 0 spiro atoms. The van der Waals surface area contributed by atoms with Gasteiger partial charge in [0.15, 0.2) is 0 Å². The Morgan fingerprint density at radius 2 is 2.26 bits per heavy atom. The second kappa shape index (κ2) is 9.23. The van der Waals surface area contributed by atoms with E-state index in [0.717, 1.165) is 37.6 Å². The van der Waals surface area contributed by atoms with Gasteiger partial charge in [-0.1, -0.05) is 0 Å². The monoisotopic (exact) mass is 266 g/mol. The molecule has 1 rings (SSSR count). The lowest BCUT2D eigenvalue weighted by Crippen LogP contribution is -2.42. The Morgan fingerprint density at radius 3 is 2.89 bits per heavy atom. The van der Waals surface area contributed by atoms with Crippen LogP contribution >= 0.6 is 0 Å². The quantitative estimate of drug-likeness (QED) is 0.213. The Bertz CT molecular complexity index is 378. The van der Waals surface area contributed by atoms with Crippen molar-refractivity contribution in [3.63, 3.8) is 0 Å². The molecule has 0 aromatic carbocycles.